The first-order valence-corrected chi connectivity index (χ1v) is 10.4. The molecule has 0 N–H and O–H groups in total. The summed E-state index contributed by atoms with van der Waals surface area (Å²) in [4.78, 5) is 12.2. The SMILES string of the molecule is COc1ccccc1-c1cc(COC(=O)C2CCN(S(C)(=O)=O)CC2)on1. The van der Waals surface area contributed by atoms with Crippen molar-refractivity contribution in [2.24, 2.45) is 5.92 Å². The van der Waals surface area contributed by atoms with Crippen LogP contribution in [0.4, 0.5) is 0 Å². The van der Waals surface area contributed by atoms with Gasteiger partial charge in [0.1, 0.15) is 11.4 Å². The van der Waals surface area contributed by atoms with E-state index in [-0.39, 0.29) is 18.5 Å². The fraction of sp³-hybridized carbons (Fsp3) is 0.444. The maximum Gasteiger partial charge on any atom is 0.309 e. The zero-order valence-electron chi connectivity index (χ0n) is 15.3. The molecule has 1 saturated heterocycles. The van der Waals surface area contributed by atoms with Crippen LogP contribution in [0.5, 0.6) is 5.75 Å². The molecule has 0 radical (unpaired) electrons. The number of nitrogens with zero attached hydrogens (tertiary/aromatic N) is 2. The van der Waals surface area contributed by atoms with Crippen LogP contribution in [0.25, 0.3) is 11.3 Å². The van der Waals surface area contributed by atoms with Gasteiger partial charge in [-0.1, -0.05) is 17.3 Å². The molecule has 0 aliphatic carbocycles. The predicted octanol–water partition coefficient (Wildman–Crippen LogP) is 2.06. The summed E-state index contributed by atoms with van der Waals surface area (Å²) in [7, 11) is -1.63. The van der Waals surface area contributed by atoms with E-state index in [0.29, 0.717) is 43.1 Å². The third kappa shape index (κ3) is 4.67. The van der Waals surface area contributed by atoms with E-state index in [9.17, 15) is 13.2 Å². The average molecular weight is 394 g/mol. The van der Waals surface area contributed by atoms with E-state index in [0.717, 1.165) is 5.56 Å². The highest BCUT2D eigenvalue weighted by Crippen LogP contribution is 2.29. The van der Waals surface area contributed by atoms with Gasteiger partial charge in [0, 0.05) is 24.7 Å². The van der Waals surface area contributed by atoms with Gasteiger partial charge in [0.15, 0.2) is 12.4 Å². The molecule has 0 bridgehead atoms. The van der Waals surface area contributed by atoms with Gasteiger partial charge in [-0.3, -0.25) is 4.79 Å². The van der Waals surface area contributed by atoms with Crippen LogP contribution in [0.3, 0.4) is 0 Å². The van der Waals surface area contributed by atoms with Crippen molar-refractivity contribution in [3.8, 4) is 17.0 Å². The van der Waals surface area contributed by atoms with E-state index in [2.05, 4.69) is 5.16 Å². The van der Waals surface area contributed by atoms with Crippen LogP contribution in [-0.2, 0) is 26.2 Å². The summed E-state index contributed by atoms with van der Waals surface area (Å²) < 4.78 is 40.3. The van der Waals surface area contributed by atoms with Crippen LogP contribution >= 0.6 is 0 Å². The lowest BCUT2D eigenvalue weighted by molar-refractivity contribution is -0.151. The Kier molecular flexibility index (Phi) is 5.81. The Hall–Kier alpha value is -2.39. The highest BCUT2D eigenvalue weighted by atomic mass is 32.2. The van der Waals surface area contributed by atoms with E-state index < -0.39 is 10.0 Å². The molecule has 0 amide bonds. The minimum atomic E-state index is -3.21. The number of sulfonamides is 1. The number of benzene rings is 1. The summed E-state index contributed by atoms with van der Waals surface area (Å²) in [5.41, 5.74) is 1.38. The number of carbonyl (C=O) groups is 1. The molecule has 146 valence electrons. The van der Waals surface area contributed by atoms with Gasteiger partial charge < -0.3 is 14.0 Å². The summed E-state index contributed by atoms with van der Waals surface area (Å²) >= 11 is 0. The molecular weight excluding hydrogens is 372 g/mol. The van der Waals surface area contributed by atoms with Crippen LogP contribution in [0.15, 0.2) is 34.9 Å². The van der Waals surface area contributed by atoms with Crippen LogP contribution in [0.1, 0.15) is 18.6 Å². The molecule has 0 spiro atoms. The highest BCUT2D eigenvalue weighted by Gasteiger charge is 2.30. The van der Waals surface area contributed by atoms with Gasteiger partial charge in [0.05, 0.1) is 19.3 Å². The van der Waals surface area contributed by atoms with Crippen molar-refractivity contribution in [1.29, 1.82) is 0 Å². The lowest BCUT2D eigenvalue weighted by Gasteiger charge is -2.28. The average Bonchev–Trinajstić information content (AvgIpc) is 3.14. The van der Waals surface area contributed by atoms with Crippen molar-refractivity contribution in [1.82, 2.24) is 9.46 Å². The van der Waals surface area contributed by atoms with Gasteiger partial charge in [-0.25, -0.2) is 12.7 Å². The zero-order chi connectivity index (χ0) is 19.4. The number of rotatable bonds is 6. The molecule has 1 fully saturated rings. The maximum atomic E-state index is 12.2. The Morgan fingerprint density at radius 2 is 2.00 bits per heavy atom. The molecule has 3 rings (SSSR count). The van der Waals surface area contributed by atoms with Crippen molar-refractivity contribution in [3.05, 3.63) is 36.1 Å². The normalized spacial score (nSPS) is 16.2. The fourth-order valence-corrected chi connectivity index (χ4v) is 3.92. The molecule has 2 aromatic rings. The summed E-state index contributed by atoms with van der Waals surface area (Å²) in [5.74, 6) is 0.447. The molecule has 2 heterocycles. The second-order valence-corrected chi connectivity index (χ2v) is 8.41. The maximum absolute atomic E-state index is 12.2. The second kappa shape index (κ2) is 8.10. The van der Waals surface area contributed by atoms with E-state index in [1.54, 1.807) is 13.2 Å². The van der Waals surface area contributed by atoms with Crippen molar-refractivity contribution >= 4 is 16.0 Å². The number of esters is 1. The van der Waals surface area contributed by atoms with Gasteiger partial charge in [-0.2, -0.15) is 0 Å². The number of hydrogen-bond acceptors (Lipinski definition) is 7. The van der Waals surface area contributed by atoms with Gasteiger partial charge >= 0.3 is 5.97 Å². The van der Waals surface area contributed by atoms with Crippen LogP contribution in [0, 0.1) is 5.92 Å². The molecule has 8 nitrogen and oxygen atoms in total. The Morgan fingerprint density at radius 1 is 1.30 bits per heavy atom. The van der Waals surface area contributed by atoms with E-state index in [4.69, 9.17) is 14.0 Å². The lowest BCUT2D eigenvalue weighted by atomic mass is 9.98. The molecular formula is C18H22N2O6S. The number of carbonyl (C=O) groups excluding carboxylic acids is 1. The molecule has 1 aromatic heterocycles. The topological polar surface area (TPSA) is 98.9 Å². The number of piperidine rings is 1. The smallest absolute Gasteiger partial charge is 0.309 e. The Balaban J connectivity index is 1.55. The molecule has 1 aliphatic heterocycles. The van der Waals surface area contributed by atoms with Crippen LogP contribution in [0.2, 0.25) is 0 Å². The van der Waals surface area contributed by atoms with Gasteiger partial charge in [0.25, 0.3) is 0 Å². The predicted molar refractivity (Wildman–Crippen MR) is 97.4 cm³/mol. The summed E-state index contributed by atoms with van der Waals surface area (Å²) in [6.07, 6.45) is 2.08. The van der Waals surface area contributed by atoms with Crippen LogP contribution < -0.4 is 4.74 Å². The fourth-order valence-electron chi connectivity index (χ4n) is 3.05. The van der Waals surface area contributed by atoms with Crippen LogP contribution in [-0.4, -0.2) is 50.3 Å². The highest BCUT2D eigenvalue weighted by molar-refractivity contribution is 7.88. The Morgan fingerprint density at radius 3 is 2.67 bits per heavy atom. The van der Waals surface area contributed by atoms with Crippen molar-refractivity contribution in [2.75, 3.05) is 26.5 Å². The minimum Gasteiger partial charge on any atom is -0.496 e. The number of ether oxygens (including phenoxy) is 2. The number of hydrogen-bond donors (Lipinski definition) is 0. The lowest BCUT2D eigenvalue weighted by Crippen LogP contribution is -2.40. The third-order valence-electron chi connectivity index (χ3n) is 4.55. The van der Waals surface area contributed by atoms with E-state index in [1.807, 2.05) is 24.3 Å². The first-order valence-electron chi connectivity index (χ1n) is 8.59. The number of aromatic nitrogens is 1. The Bertz CT molecular complexity index is 900. The molecule has 9 heteroatoms. The summed E-state index contributed by atoms with van der Waals surface area (Å²) in [6, 6.07) is 9.13. The van der Waals surface area contributed by atoms with Crippen molar-refractivity contribution in [3.63, 3.8) is 0 Å². The number of para-hydroxylation sites is 1. The van der Waals surface area contributed by atoms with Gasteiger partial charge in [-0.15, -0.1) is 0 Å². The number of methoxy groups -OCH3 is 1. The van der Waals surface area contributed by atoms with E-state index in [1.165, 1.54) is 10.6 Å². The molecule has 27 heavy (non-hydrogen) atoms. The molecule has 0 unspecified atom stereocenters. The van der Waals surface area contributed by atoms with Gasteiger partial charge in [-0.05, 0) is 25.0 Å². The Labute approximate surface area is 158 Å². The summed E-state index contributed by atoms with van der Waals surface area (Å²) in [5, 5.41) is 4.00. The largest absolute Gasteiger partial charge is 0.496 e. The monoisotopic (exact) mass is 394 g/mol. The van der Waals surface area contributed by atoms with E-state index >= 15 is 0 Å². The molecule has 1 aromatic carbocycles. The minimum absolute atomic E-state index is 0.0206. The van der Waals surface area contributed by atoms with Crippen molar-refractivity contribution in [2.45, 2.75) is 19.4 Å². The summed E-state index contributed by atoms with van der Waals surface area (Å²) in [6.45, 7) is 0.644. The quantitative estimate of drug-likeness (QED) is 0.692. The zero-order valence-corrected chi connectivity index (χ0v) is 16.1. The molecule has 0 atom stereocenters. The molecule has 1 aliphatic rings. The standard InChI is InChI=1S/C18H22N2O6S/c1-24-17-6-4-3-5-15(17)16-11-14(26-19-16)12-25-18(21)13-7-9-20(10-8-13)27(2,22)23/h3-6,11,13H,7-10,12H2,1-2H3. The van der Waals surface area contributed by atoms with Crippen molar-refractivity contribution < 1.29 is 27.2 Å². The first-order chi connectivity index (χ1) is 12.9. The molecule has 0 saturated carbocycles. The second-order valence-electron chi connectivity index (χ2n) is 6.42. The first kappa shape index (κ1) is 19.4. The van der Waals surface area contributed by atoms with Gasteiger partial charge in [0.2, 0.25) is 10.0 Å². The third-order valence-corrected chi connectivity index (χ3v) is 5.86.